The highest BCUT2D eigenvalue weighted by molar-refractivity contribution is 6.35. The number of halogens is 3. The van der Waals surface area contributed by atoms with Crippen molar-refractivity contribution in [3.05, 3.63) is 33.8 Å². The van der Waals surface area contributed by atoms with E-state index in [1.165, 1.54) is 0 Å². The third kappa shape index (κ3) is 7.31. The predicted octanol–water partition coefficient (Wildman–Crippen LogP) is 1.93. The van der Waals surface area contributed by atoms with Gasteiger partial charge in [0, 0.05) is 15.6 Å². The summed E-state index contributed by atoms with van der Waals surface area (Å²) in [5, 5.41) is 6.38. The molecule has 0 saturated heterocycles. The van der Waals surface area contributed by atoms with Gasteiger partial charge in [-0.1, -0.05) is 29.3 Å². The Morgan fingerprint density at radius 1 is 1.23 bits per heavy atom. The van der Waals surface area contributed by atoms with Crippen LogP contribution in [-0.4, -0.2) is 30.4 Å². The minimum Gasteiger partial charge on any atom is -0.349 e. The quantitative estimate of drug-likeness (QED) is 0.717. The van der Waals surface area contributed by atoms with Crippen molar-refractivity contribution in [1.29, 1.82) is 0 Å². The lowest BCUT2D eigenvalue weighted by Crippen LogP contribution is -2.49. The predicted molar refractivity (Wildman–Crippen MR) is 91.7 cm³/mol. The Morgan fingerprint density at radius 2 is 1.86 bits per heavy atom. The van der Waals surface area contributed by atoms with Crippen molar-refractivity contribution in [2.45, 2.75) is 25.8 Å². The van der Waals surface area contributed by atoms with E-state index in [9.17, 15) is 9.59 Å². The second kappa shape index (κ2) is 9.20. The van der Waals surface area contributed by atoms with Gasteiger partial charge in [0.15, 0.2) is 0 Å². The fourth-order valence-electron chi connectivity index (χ4n) is 1.86. The number of nitrogens with two attached hydrogens (primary N) is 1. The van der Waals surface area contributed by atoms with E-state index in [1.54, 1.807) is 12.1 Å². The number of rotatable bonds is 6. The second-order valence-electron chi connectivity index (χ2n) is 5.33. The minimum atomic E-state index is -0.512. The van der Waals surface area contributed by atoms with E-state index in [0.29, 0.717) is 16.5 Å². The van der Waals surface area contributed by atoms with Gasteiger partial charge in [0.1, 0.15) is 0 Å². The average molecular weight is 369 g/mol. The molecular weight excluding hydrogens is 349 g/mol. The lowest BCUT2D eigenvalue weighted by Gasteiger charge is -2.27. The van der Waals surface area contributed by atoms with Crippen LogP contribution in [0.5, 0.6) is 0 Å². The van der Waals surface area contributed by atoms with E-state index < -0.39 is 5.54 Å². The van der Waals surface area contributed by atoms with Crippen LogP contribution in [0.25, 0.3) is 0 Å². The zero-order valence-corrected chi connectivity index (χ0v) is 14.7. The zero-order chi connectivity index (χ0) is 16.0. The summed E-state index contributed by atoms with van der Waals surface area (Å²) in [6.07, 6.45) is 0.541. The number of carbonyl (C=O) groups is 2. The van der Waals surface area contributed by atoms with Gasteiger partial charge in [-0.2, -0.15) is 0 Å². The van der Waals surface area contributed by atoms with E-state index >= 15 is 0 Å². The summed E-state index contributed by atoms with van der Waals surface area (Å²) < 4.78 is 0. The van der Waals surface area contributed by atoms with Crippen molar-refractivity contribution >= 4 is 47.4 Å². The fraction of sp³-hybridized carbons (Fsp3) is 0.429. The third-order valence-corrected chi connectivity index (χ3v) is 3.34. The summed E-state index contributed by atoms with van der Waals surface area (Å²) in [6.45, 7) is 3.51. The van der Waals surface area contributed by atoms with E-state index in [1.807, 2.05) is 19.9 Å². The molecule has 0 saturated carbocycles. The fourth-order valence-corrected chi connectivity index (χ4v) is 2.33. The summed E-state index contributed by atoms with van der Waals surface area (Å²) in [6, 6.07) is 5.24. The largest absolute Gasteiger partial charge is 0.349 e. The molecule has 1 aromatic rings. The minimum absolute atomic E-state index is 0. The molecule has 1 aromatic carbocycles. The average Bonchev–Trinajstić information content (AvgIpc) is 2.38. The molecule has 4 N–H and O–H groups in total. The molecule has 0 aliphatic carbocycles. The summed E-state index contributed by atoms with van der Waals surface area (Å²) in [5.74, 6) is -0.657. The molecule has 22 heavy (non-hydrogen) atoms. The first-order chi connectivity index (χ1) is 9.73. The molecule has 0 heterocycles. The first kappa shape index (κ1) is 21.0. The van der Waals surface area contributed by atoms with Crippen LogP contribution >= 0.6 is 35.6 Å². The highest BCUT2D eigenvalue weighted by Crippen LogP contribution is 2.24. The molecule has 0 radical (unpaired) electrons. The molecule has 0 fully saturated rings. The van der Waals surface area contributed by atoms with Gasteiger partial charge in [0.25, 0.3) is 0 Å². The molecule has 0 atom stereocenters. The van der Waals surface area contributed by atoms with Gasteiger partial charge in [-0.3, -0.25) is 9.59 Å². The van der Waals surface area contributed by atoms with Gasteiger partial charge in [-0.15, -0.1) is 12.4 Å². The van der Waals surface area contributed by atoms with Gasteiger partial charge < -0.3 is 16.4 Å². The van der Waals surface area contributed by atoms with E-state index in [2.05, 4.69) is 10.6 Å². The standard InChI is InChI=1S/C14H19Cl2N3O2.ClH/c1-14(2,19-13(21)8-18-12(20)7-17)6-9-3-4-10(15)5-11(9)16;/h3-5H,6-8,17H2,1-2H3,(H,18,20)(H,19,21);1H. The van der Waals surface area contributed by atoms with Gasteiger partial charge in [0.05, 0.1) is 13.1 Å². The maximum Gasteiger partial charge on any atom is 0.239 e. The number of benzene rings is 1. The SMILES string of the molecule is CC(C)(Cc1ccc(Cl)cc1Cl)NC(=O)CNC(=O)CN.Cl. The molecule has 0 aliphatic rings. The third-order valence-electron chi connectivity index (χ3n) is 2.76. The molecule has 5 nitrogen and oxygen atoms in total. The molecule has 8 heteroatoms. The summed E-state index contributed by atoms with van der Waals surface area (Å²) in [4.78, 5) is 22.8. The Bertz CT molecular complexity index is 536. The molecule has 0 unspecified atom stereocenters. The van der Waals surface area contributed by atoms with Crippen LogP contribution in [0, 0.1) is 0 Å². The molecule has 0 spiro atoms. The van der Waals surface area contributed by atoms with Crippen molar-refractivity contribution in [3.63, 3.8) is 0 Å². The number of nitrogens with one attached hydrogen (secondary N) is 2. The second-order valence-corrected chi connectivity index (χ2v) is 6.17. The van der Waals surface area contributed by atoms with Crippen molar-refractivity contribution in [1.82, 2.24) is 10.6 Å². The zero-order valence-electron chi connectivity index (χ0n) is 12.4. The highest BCUT2D eigenvalue weighted by atomic mass is 35.5. The van der Waals surface area contributed by atoms with Crippen LogP contribution in [0.3, 0.4) is 0 Å². The van der Waals surface area contributed by atoms with Crippen LogP contribution in [-0.2, 0) is 16.0 Å². The number of amides is 2. The lowest BCUT2D eigenvalue weighted by molar-refractivity contribution is -0.126. The van der Waals surface area contributed by atoms with Gasteiger partial charge >= 0.3 is 0 Å². The summed E-state index contributed by atoms with van der Waals surface area (Å²) in [5.41, 5.74) is 5.52. The van der Waals surface area contributed by atoms with Crippen molar-refractivity contribution < 1.29 is 9.59 Å². The Morgan fingerprint density at radius 3 is 2.41 bits per heavy atom. The van der Waals surface area contributed by atoms with Crippen molar-refractivity contribution in [3.8, 4) is 0 Å². The van der Waals surface area contributed by atoms with Crippen LogP contribution in [0.4, 0.5) is 0 Å². The Balaban J connectivity index is 0.00000441. The number of hydrogen-bond donors (Lipinski definition) is 3. The normalized spacial score (nSPS) is 10.6. The van der Waals surface area contributed by atoms with Crippen LogP contribution in [0.2, 0.25) is 10.0 Å². The van der Waals surface area contributed by atoms with Gasteiger partial charge in [-0.05, 0) is 38.0 Å². The molecular formula is C14H20Cl3N3O2. The van der Waals surface area contributed by atoms with Crippen molar-refractivity contribution in [2.75, 3.05) is 13.1 Å². The van der Waals surface area contributed by atoms with Crippen LogP contribution < -0.4 is 16.4 Å². The Hall–Kier alpha value is -1.01. The molecule has 0 aromatic heterocycles. The Kier molecular flexibility index (Phi) is 8.78. The van der Waals surface area contributed by atoms with Crippen LogP contribution in [0.1, 0.15) is 19.4 Å². The van der Waals surface area contributed by atoms with Gasteiger partial charge in [-0.25, -0.2) is 0 Å². The van der Waals surface area contributed by atoms with Crippen LogP contribution in [0.15, 0.2) is 18.2 Å². The molecule has 0 bridgehead atoms. The topological polar surface area (TPSA) is 84.2 Å². The Labute approximate surface area is 146 Å². The maximum atomic E-state index is 11.8. The summed E-state index contributed by atoms with van der Waals surface area (Å²) >= 11 is 12.0. The smallest absolute Gasteiger partial charge is 0.239 e. The van der Waals surface area contributed by atoms with Crippen molar-refractivity contribution in [2.24, 2.45) is 5.73 Å². The molecule has 124 valence electrons. The molecule has 0 aliphatic heterocycles. The van der Waals surface area contributed by atoms with E-state index in [-0.39, 0.29) is 37.3 Å². The first-order valence-corrected chi connectivity index (χ1v) is 7.21. The van der Waals surface area contributed by atoms with E-state index in [4.69, 9.17) is 28.9 Å². The summed E-state index contributed by atoms with van der Waals surface area (Å²) in [7, 11) is 0. The number of hydrogen-bond acceptors (Lipinski definition) is 3. The van der Waals surface area contributed by atoms with E-state index in [0.717, 1.165) is 5.56 Å². The highest BCUT2D eigenvalue weighted by Gasteiger charge is 2.22. The van der Waals surface area contributed by atoms with Gasteiger partial charge in [0.2, 0.25) is 11.8 Å². The maximum absolute atomic E-state index is 11.8. The number of carbonyl (C=O) groups excluding carboxylic acids is 2. The first-order valence-electron chi connectivity index (χ1n) is 6.45. The monoisotopic (exact) mass is 367 g/mol. The lowest BCUT2D eigenvalue weighted by atomic mass is 9.95. The molecule has 1 rings (SSSR count). The molecule has 2 amide bonds.